The van der Waals surface area contributed by atoms with E-state index in [1.165, 1.54) is 11.3 Å². The molecule has 0 aliphatic carbocycles. The van der Waals surface area contributed by atoms with E-state index in [0.717, 1.165) is 26.2 Å². The van der Waals surface area contributed by atoms with Crippen LogP contribution in [-0.2, 0) is 11.2 Å². The molecule has 2 nitrogen and oxygen atoms in total. The van der Waals surface area contributed by atoms with Crippen molar-refractivity contribution in [2.75, 3.05) is 25.1 Å². The second-order valence-corrected chi connectivity index (χ2v) is 3.13. The number of nitrogens with one attached hydrogen (secondary N) is 1. The van der Waals surface area contributed by atoms with Gasteiger partial charge in [-0.15, -0.1) is 0 Å². The Morgan fingerprint density at radius 2 is 2.00 bits per heavy atom. The summed E-state index contributed by atoms with van der Waals surface area (Å²) in [5.41, 5.74) is 2.60. The van der Waals surface area contributed by atoms with Crippen molar-refractivity contribution in [3.63, 3.8) is 0 Å². The molecule has 0 heterocycles. The van der Waals surface area contributed by atoms with Crippen LogP contribution in [0.2, 0.25) is 0 Å². The molecule has 0 atom stereocenters. The molecule has 0 aromatic heterocycles. The van der Waals surface area contributed by atoms with E-state index in [2.05, 4.69) is 36.5 Å². The molecule has 1 rings (SSSR count). The van der Waals surface area contributed by atoms with Gasteiger partial charge in [0.15, 0.2) is 0 Å². The van der Waals surface area contributed by atoms with E-state index in [9.17, 15) is 0 Å². The van der Waals surface area contributed by atoms with Crippen LogP contribution in [0, 0.1) is 0 Å². The summed E-state index contributed by atoms with van der Waals surface area (Å²) in [4.78, 5) is 0. The fourth-order valence-electron chi connectivity index (χ4n) is 1.40. The summed E-state index contributed by atoms with van der Waals surface area (Å²) in [5, 5.41) is 3.37. The second-order valence-electron chi connectivity index (χ2n) is 3.13. The Kier molecular flexibility index (Phi) is 5.08. The summed E-state index contributed by atoms with van der Waals surface area (Å²) in [6.45, 7) is 6.62. The maximum atomic E-state index is 5.27. The average molecular weight is 193 g/mol. The maximum absolute atomic E-state index is 5.27. The minimum absolute atomic E-state index is 0.772. The SMILES string of the molecule is CCOCCNc1ccccc1CC. The number of ether oxygens (including phenoxy) is 1. The summed E-state index contributed by atoms with van der Waals surface area (Å²) < 4.78 is 5.27. The summed E-state index contributed by atoms with van der Waals surface area (Å²) in [6, 6.07) is 8.41. The predicted octanol–water partition coefficient (Wildman–Crippen LogP) is 2.70. The summed E-state index contributed by atoms with van der Waals surface area (Å²) in [7, 11) is 0. The fourth-order valence-corrected chi connectivity index (χ4v) is 1.40. The Labute approximate surface area is 86.3 Å². The average Bonchev–Trinajstić information content (AvgIpc) is 2.25. The largest absolute Gasteiger partial charge is 0.383 e. The molecular weight excluding hydrogens is 174 g/mol. The van der Waals surface area contributed by atoms with Crippen LogP contribution in [0.5, 0.6) is 0 Å². The molecule has 2 heteroatoms. The van der Waals surface area contributed by atoms with Gasteiger partial charge in [0.05, 0.1) is 6.61 Å². The summed E-state index contributed by atoms with van der Waals surface area (Å²) in [6.07, 6.45) is 1.07. The van der Waals surface area contributed by atoms with Gasteiger partial charge in [0.25, 0.3) is 0 Å². The van der Waals surface area contributed by atoms with E-state index in [4.69, 9.17) is 4.74 Å². The molecule has 0 saturated heterocycles. The number of rotatable bonds is 6. The van der Waals surface area contributed by atoms with E-state index in [1.54, 1.807) is 0 Å². The van der Waals surface area contributed by atoms with Crippen molar-refractivity contribution in [3.05, 3.63) is 29.8 Å². The van der Waals surface area contributed by atoms with Crippen LogP contribution < -0.4 is 5.32 Å². The van der Waals surface area contributed by atoms with Crippen LogP contribution in [-0.4, -0.2) is 19.8 Å². The highest BCUT2D eigenvalue weighted by Crippen LogP contribution is 2.14. The zero-order valence-corrected chi connectivity index (χ0v) is 9.05. The Morgan fingerprint density at radius 1 is 1.21 bits per heavy atom. The van der Waals surface area contributed by atoms with Gasteiger partial charge in [-0.05, 0) is 25.0 Å². The topological polar surface area (TPSA) is 21.3 Å². The molecule has 0 fully saturated rings. The first-order valence-corrected chi connectivity index (χ1v) is 5.28. The van der Waals surface area contributed by atoms with Crippen LogP contribution in [0.25, 0.3) is 0 Å². The molecule has 0 bridgehead atoms. The van der Waals surface area contributed by atoms with Crippen molar-refractivity contribution in [1.29, 1.82) is 0 Å². The molecule has 0 aliphatic rings. The van der Waals surface area contributed by atoms with Crippen LogP contribution in [0.15, 0.2) is 24.3 Å². The molecule has 14 heavy (non-hydrogen) atoms. The third-order valence-corrected chi connectivity index (χ3v) is 2.16. The van der Waals surface area contributed by atoms with Crippen LogP contribution in [0.1, 0.15) is 19.4 Å². The summed E-state index contributed by atoms with van der Waals surface area (Å²) in [5.74, 6) is 0. The minimum Gasteiger partial charge on any atom is -0.383 e. The van der Waals surface area contributed by atoms with Gasteiger partial charge in [0.2, 0.25) is 0 Å². The first-order valence-electron chi connectivity index (χ1n) is 5.28. The Balaban J connectivity index is 2.41. The lowest BCUT2D eigenvalue weighted by atomic mass is 10.1. The highest BCUT2D eigenvalue weighted by atomic mass is 16.5. The smallest absolute Gasteiger partial charge is 0.0638 e. The molecule has 1 aromatic carbocycles. The van der Waals surface area contributed by atoms with Crippen LogP contribution >= 0.6 is 0 Å². The first kappa shape index (κ1) is 11.1. The van der Waals surface area contributed by atoms with Gasteiger partial charge >= 0.3 is 0 Å². The molecule has 0 radical (unpaired) electrons. The highest BCUT2D eigenvalue weighted by molar-refractivity contribution is 5.50. The van der Waals surface area contributed by atoms with Gasteiger partial charge in [0.1, 0.15) is 0 Å². The van der Waals surface area contributed by atoms with E-state index in [0.29, 0.717) is 0 Å². The quantitative estimate of drug-likeness (QED) is 0.701. The monoisotopic (exact) mass is 193 g/mol. The predicted molar refractivity (Wildman–Crippen MR) is 60.8 cm³/mol. The number of anilines is 1. The van der Waals surface area contributed by atoms with E-state index < -0.39 is 0 Å². The normalized spacial score (nSPS) is 10.1. The molecule has 1 aromatic rings. The lowest BCUT2D eigenvalue weighted by Gasteiger charge is -2.10. The number of hydrogen-bond donors (Lipinski definition) is 1. The van der Waals surface area contributed by atoms with Crippen molar-refractivity contribution >= 4 is 5.69 Å². The third-order valence-electron chi connectivity index (χ3n) is 2.16. The Hall–Kier alpha value is -1.02. The Bertz CT molecular complexity index is 260. The van der Waals surface area contributed by atoms with E-state index in [-0.39, 0.29) is 0 Å². The lowest BCUT2D eigenvalue weighted by Crippen LogP contribution is -2.10. The van der Waals surface area contributed by atoms with Crippen LogP contribution in [0.3, 0.4) is 0 Å². The molecule has 0 aliphatic heterocycles. The van der Waals surface area contributed by atoms with Gasteiger partial charge in [-0.2, -0.15) is 0 Å². The first-order chi connectivity index (χ1) is 6.88. The van der Waals surface area contributed by atoms with Gasteiger partial charge in [-0.1, -0.05) is 25.1 Å². The summed E-state index contributed by atoms with van der Waals surface area (Å²) >= 11 is 0. The van der Waals surface area contributed by atoms with Crippen LogP contribution in [0.4, 0.5) is 5.69 Å². The molecular formula is C12H19NO. The van der Waals surface area contributed by atoms with Crippen molar-refractivity contribution in [1.82, 2.24) is 0 Å². The molecule has 78 valence electrons. The number of hydrogen-bond acceptors (Lipinski definition) is 2. The van der Waals surface area contributed by atoms with Crippen molar-refractivity contribution < 1.29 is 4.74 Å². The van der Waals surface area contributed by atoms with E-state index in [1.807, 2.05) is 6.92 Å². The molecule has 0 saturated carbocycles. The van der Waals surface area contributed by atoms with Gasteiger partial charge < -0.3 is 10.1 Å². The highest BCUT2D eigenvalue weighted by Gasteiger charge is 1.97. The van der Waals surface area contributed by atoms with Gasteiger partial charge in [-0.25, -0.2) is 0 Å². The number of para-hydroxylation sites is 1. The standard InChI is InChI=1S/C12H19NO/c1-3-11-7-5-6-8-12(11)13-9-10-14-4-2/h5-8,13H,3-4,9-10H2,1-2H3. The molecule has 1 N–H and O–H groups in total. The fraction of sp³-hybridized carbons (Fsp3) is 0.500. The molecule has 0 amide bonds. The second kappa shape index (κ2) is 6.44. The molecule has 0 unspecified atom stereocenters. The number of benzene rings is 1. The zero-order valence-electron chi connectivity index (χ0n) is 9.05. The van der Waals surface area contributed by atoms with Gasteiger partial charge in [-0.3, -0.25) is 0 Å². The maximum Gasteiger partial charge on any atom is 0.0638 e. The van der Waals surface area contributed by atoms with Crippen molar-refractivity contribution in [2.45, 2.75) is 20.3 Å². The van der Waals surface area contributed by atoms with Crippen molar-refractivity contribution in [3.8, 4) is 0 Å². The third kappa shape index (κ3) is 3.38. The van der Waals surface area contributed by atoms with Gasteiger partial charge in [0, 0.05) is 18.8 Å². The minimum atomic E-state index is 0.772. The molecule has 0 spiro atoms. The zero-order chi connectivity index (χ0) is 10.2. The number of aryl methyl sites for hydroxylation is 1. The van der Waals surface area contributed by atoms with E-state index >= 15 is 0 Å². The lowest BCUT2D eigenvalue weighted by molar-refractivity contribution is 0.158. The van der Waals surface area contributed by atoms with Crippen molar-refractivity contribution in [2.24, 2.45) is 0 Å². The Morgan fingerprint density at radius 3 is 2.71 bits per heavy atom.